The zero-order chi connectivity index (χ0) is 17.6. The second-order valence-electron chi connectivity index (χ2n) is 6.40. The first kappa shape index (κ1) is 17.6. The summed E-state index contributed by atoms with van der Waals surface area (Å²) in [5, 5.41) is 3.70. The number of nitrogens with one attached hydrogen (secondary N) is 1. The number of fused-ring (bicyclic) bond motifs is 1. The number of benzene rings is 1. The number of rotatable bonds is 5. The SMILES string of the molecule is C[C@@H]1CCCC[C@@H]1NC(=O)COC(=O)/C=C/c1nc2ccccc2s1. The average Bonchev–Trinajstić information content (AvgIpc) is 3.03. The van der Waals surface area contributed by atoms with Gasteiger partial charge in [0, 0.05) is 12.1 Å². The van der Waals surface area contributed by atoms with E-state index in [4.69, 9.17) is 4.74 Å². The van der Waals surface area contributed by atoms with Crippen LogP contribution in [-0.2, 0) is 14.3 Å². The molecular formula is C19H22N2O3S. The van der Waals surface area contributed by atoms with Crippen LogP contribution in [0.15, 0.2) is 30.3 Å². The van der Waals surface area contributed by atoms with E-state index in [-0.39, 0.29) is 18.6 Å². The van der Waals surface area contributed by atoms with Gasteiger partial charge in [-0.2, -0.15) is 0 Å². The molecule has 1 aliphatic carbocycles. The van der Waals surface area contributed by atoms with E-state index in [1.165, 1.54) is 23.8 Å². The summed E-state index contributed by atoms with van der Waals surface area (Å²) in [5.41, 5.74) is 0.904. The monoisotopic (exact) mass is 358 g/mol. The van der Waals surface area contributed by atoms with Crippen molar-refractivity contribution >= 4 is 39.5 Å². The largest absolute Gasteiger partial charge is 0.452 e. The van der Waals surface area contributed by atoms with E-state index in [1.807, 2.05) is 24.3 Å². The second-order valence-corrected chi connectivity index (χ2v) is 7.46. The molecular weight excluding hydrogens is 336 g/mol. The number of hydrogen-bond acceptors (Lipinski definition) is 5. The first-order valence-corrected chi connectivity index (χ1v) is 9.43. The molecule has 1 amide bonds. The van der Waals surface area contributed by atoms with Gasteiger partial charge in [0.1, 0.15) is 5.01 Å². The summed E-state index contributed by atoms with van der Waals surface area (Å²) < 4.78 is 6.08. The Morgan fingerprint density at radius 1 is 1.32 bits per heavy atom. The van der Waals surface area contributed by atoms with E-state index >= 15 is 0 Å². The van der Waals surface area contributed by atoms with Crippen LogP contribution in [0, 0.1) is 5.92 Å². The Labute approximate surface area is 151 Å². The topological polar surface area (TPSA) is 68.3 Å². The number of nitrogens with zero attached hydrogens (tertiary/aromatic N) is 1. The minimum absolute atomic E-state index is 0.193. The van der Waals surface area contributed by atoms with Gasteiger partial charge in [-0.3, -0.25) is 4.79 Å². The minimum Gasteiger partial charge on any atom is -0.452 e. The molecule has 0 bridgehead atoms. The third-order valence-electron chi connectivity index (χ3n) is 4.48. The highest BCUT2D eigenvalue weighted by molar-refractivity contribution is 7.19. The molecule has 1 heterocycles. The maximum atomic E-state index is 11.9. The fourth-order valence-corrected chi connectivity index (χ4v) is 3.93. The predicted molar refractivity (Wildman–Crippen MR) is 99.2 cm³/mol. The van der Waals surface area contributed by atoms with Crippen LogP contribution in [0.3, 0.4) is 0 Å². The van der Waals surface area contributed by atoms with Gasteiger partial charge in [0.25, 0.3) is 5.91 Å². The maximum Gasteiger partial charge on any atom is 0.331 e. The Hall–Kier alpha value is -2.21. The highest BCUT2D eigenvalue weighted by atomic mass is 32.1. The molecule has 0 aliphatic heterocycles. The van der Waals surface area contributed by atoms with E-state index in [0.717, 1.165) is 34.5 Å². The average molecular weight is 358 g/mol. The molecule has 0 unspecified atom stereocenters. The van der Waals surface area contributed by atoms with Gasteiger partial charge in [-0.05, 0) is 37.0 Å². The summed E-state index contributed by atoms with van der Waals surface area (Å²) in [5.74, 6) is -0.293. The first-order chi connectivity index (χ1) is 12.1. The number of hydrogen-bond donors (Lipinski definition) is 1. The van der Waals surface area contributed by atoms with Crippen LogP contribution in [0.5, 0.6) is 0 Å². The van der Waals surface area contributed by atoms with Gasteiger partial charge in [-0.15, -0.1) is 11.3 Å². The number of thiazole rings is 1. The van der Waals surface area contributed by atoms with Gasteiger partial charge in [0.05, 0.1) is 10.2 Å². The lowest BCUT2D eigenvalue weighted by molar-refractivity contribution is -0.144. The Balaban J connectivity index is 1.46. The molecule has 0 radical (unpaired) electrons. The summed E-state index contributed by atoms with van der Waals surface area (Å²) in [6.07, 6.45) is 7.43. The molecule has 2 aromatic rings. The summed E-state index contributed by atoms with van der Waals surface area (Å²) in [6, 6.07) is 7.99. The Kier molecular flexibility index (Phi) is 5.81. The number of amides is 1. The summed E-state index contributed by atoms with van der Waals surface area (Å²) in [6.45, 7) is 1.91. The van der Waals surface area contributed by atoms with Crippen LogP contribution < -0.4 is 5.32 Å². The highest BCUT2D eigenvalue weighted by Crippen LogP contribution is 2.24. The van der Waals surface area contributed by atoms with Crippen LogP contribution in [0.1, 0.15) is 37.6 Å². The van der Waals surface area contributed by atoms with E-state index in [0.29, 0.717) is 5.92 Å². The normalized spacial score (nSPS) is 20.7. The molecule has 0 saturated heterocycles. The van der Waals surface area contributed by atoms with Crippen LogP contribution >= 0.6 is 11.3 Å². The fraction of sp³-hybridized carbons (Fsp3) is 0.421. The van der Waals surface area contributed by atoms with Crippen molar-refractivity contribution in [3.8, 4) is 0 Å². The van der Waals surface area contributed by atoms with Gasteiger partial charge in [-0.1, -0.05) is 31.9 Å². The minimum atomic E-state index is -0.536. The Bertz CT molecular complexity index is 751. The smallest absolute Gasteiger partial charge is 0.331 e. The molecule has 1 fully saturated rings. The lowest BCUT2D eigenvalue weighted by Gasteiger charge is -2.29. The number of ether oxygens (including phenoxy) is 1. The fourth-order valence-electron chi connectivity index (χ4n) is 3.06. The van der Waals surface area contributed by atoms with E-state index in [1.54, 1.807) is 6.08 Å². The Morgan fingerprint density at radius 3 is 2.92 bits per heavy atom. The van der Waals surface area contributed by atoms with Crippen LogP contribution in [0.25, 0.3) is 16.3 Å². The summed E-state index contributed by atoms with van der Waals surface area (Å²) in [4.78, 5) is 28.1. The predicted octanol–water partition coefficient (Wildman–Crippen LogP) is 3.55. The van der Waals surface area contributed by atoms with Gasteiger partial charge >= 0.3 is 5.97 Å². The molecule has 3 rings (SSSR count). The van der Waals surface area contributed by atoms with E-state index < -0.39 is 5.97 Å². The third-order valence-corrected chi connectivity index (χ3v) is 5.48. The number of carbonyl (C=O) groups is 2. The molecule has 1 aliphatic rings. The van der Waals surface area contributed by atoms with Gasteiger partial charge in [-0.25, -0.2) is 9.78 Å². The van der Waals surface area contributed by atoms with Crippen molar-refractivity contribution in [2.45, 2.75) is 38.6 Å². The Morgan fingerprint density at radius 2 is 2.12 bits per heavy atom. The van der Waals surface area contributed by atoms with Gasteiger partial charge < -0.3 is 10.1 Å². The lowest BCUT2D eigenvalue weighted by Crippen LogP contribution is -2.42. The molecule has 1 saturated carbocycles. The van der Waals surface area contributed by atoms with Crippen LogP contribution in [0.2, 0.25) is 0 Å². The molecule has 2 atom stereocenters. The van der Waals surface area contributed by atoms with Crippen molar-refractivity contribution in [1.82, 2.24) is 10.3 Å². The van der Waals surface area contributed by atoms with Crippen molar-refractivity contribution in [3.05, 3.63) is 35.3 Å². The maximum absolute atomic E-state index is 11.9. The molecule has 132 valence electrons. The molecule has 1 N–H and O–H groups in total. The zero-order valence-corrected chi connectivity index (χ0v) is 15.1. The summed E-state index contributed by atoms with van der Waals surface area (Å²) in [7, 11) is 0. The molecule has 1 aromatic heterocycles. The number of esters is 1. The van der Waals surface area contributed by atoms with Crippen molar-refractivity contribution in [2.75, 3.05) is 6.61 Å². The van der Waals surface area contributed by atoms with Crippen LogP contribution in [0.4, 0.5) is 0 Å². The van der Waals surface area contributed by atoms with Gasteiger partial charge in [0.15, 0.2) is 6.61 Å². The van der Waals surface area contributed by atoms with E-state index in [2.05, 4.69) is 17.2 Å². The van der Waals surface area contributed by atoms with E-state index in [9.17, 15) is 9.59 Å². The molecule has 0 spiro atoms. The highest BCUT2D eigenvalue weighted by Gasteiger charge is 2.22. The summed E-state index contributed by atoms with van der Waals surface area (Å²) >= 11 is 1.50. The van der Waals surface area contributed by atoms with Crippen molar-refractivity contribution in [2.24, 2.45) is 5.92 Å². The lowest BCUT2D eigenvalue weighted by atomic mass is 9.86. The van der Waals surface area contributed by atoms with Crippen molar-refractivity contribution in [1.29, 1.82) is 0 Å². The van der Waals surface area contributed by atoms with Gasteiger partial charge in [0.2, 0.25) is 0 Å². The molecule has 1 aromatic carbocycles. The first-order valence-electron chi connectivity index (χ1n) is 8.61. The van der Waals surface area contributed by atoms with Crippen molar-refractivity contribution < 1.29 is 14.3 Å². The molecule has 25 heavy (non-hydrogen) atoms. The third kappa shape index (κ3) is 4.89. The number of aromatic nitrogens is 1. The molecule has 5 nitrogen and oxygen atoms in total. The number of para-hydroxylation sites is 1. The van der Waals surface area contributed by atoms with Crippen LogP contribution in [-0.4, -0.2) is 29.5 Å². The number of carbonyl (C=O) groups excluding carboxylic acids is 2. The quantitative estimate of drug-likeness (QED) is 0.656. The van der Waals surface area contributed by atoms with Crippen molar-refractivity contribution in [3.63, 3.8) is 0 Å². The molecule has 6 heteroatoms. The zero-order valence-electron chi connectivity index (χ0n) is 14.2. The second kappa shape index (κ2) is 8.25. The standard InChI is InChI=1S/C19H22N2O3S/c1-13-6-2-3-7-14(13)20-17(22)12-24-19(23)11-10-18-21-15-8-4-5-9-16(15)25-18/h4-5,8-11,13-14H,2-3,6-7,12H2,1H3,(H,20,22)/b11-10+/t13-,14+/m1/s1.